The van der Waals surface area contributed by atoms with E-state index >= 15 is 0 Å². The van der Waals surface area contributed by atoms with Crippen LogP contribution in [-0.2, 0) is 0 Å². The minimum Gasteiger partial charge on any atom is -0.365 e. The highest BCUT2D eigenvalue weighted by Gasteiger charge is 2.34. The molecule has 2 rings (SSSR count). The van der Waals surface area contributed by atoms with E-state index in [2.05, 4.69) is 29.1 Å². The predicted molar refractivity (Wildman–Crippen MR) is 62.1 cm³/mol. The minimum absolute atomic E-state index is 0.328. The Labute approximate surface area is 95.3 Å². The Morgan fingerprint density at radius 2 is 2.33 bits per heavy atom. The first-order chi connectivity index (χ1) is 7.09. The Bertz CT molecular complexity index is 351. The zero-order valence-corrected chi connectivity index (χ0v) is 9.88. The maximum Gasteiger partial charge on any atom is 0.148 e. The maximum atomic E-state index is 6.01. The van der Waals surface area contributed by atoms with Gasteiger partial charge in [-0.2, -0.15) is 0 Å². The number of aromatic nitrogens is 2. The molecule has 0 radical (unpaired) electrons. The lowest BCUT2D eigenvalue weighted by Gasteiger charge is -2.28. The smallest absolute Gasteiger partial charge is 0.148 e. The summed E-state index contributed by atoms with van der Waals surface area (Å²) in [6.45, 7) is 4.57. The van der Waals surface area contributed by atoms with Crippen molar-refractivity contribution in [2.75, 3.05) is 5.32 Å². The molecule has 0 spiro atoms. The number of hydrogen-bond acceptors (Lipinski definition) is 3. The van der Waals surface area contributed by atoms with Crippen molar-refractivity contribution in [3.63, 3.8) is 0 Å². The van der Waals surface area contributed by atoms with Crippen molar-refractivity contribution in [3.8, 4) is 0 Å². The molecule has 1 unspecified atom stereocenters. The number of rotatable bonds is 2. The molecule has 1 aromatic rings. The third-order valence-corrected chi connectivity index (χ3v) is 3.51. The van der Waals surface area contributed by atoms with E-state index in [1.54, 1.807) is 6.20 Å². The summed E-state index contributed by atoms with van der Waals surface area (Å²) in [5.74, 6) is 0.756. The summed E-state index contributed by atoms with van der Waals surface area (Å²) in [4.78, 5) is 8.03. The Morgan fingerprint density at radius 1 is 1.53 bits per heavy atom. The molecule has 3 nitrogen and oxygen atoms in total. The highest BCUT2D eigenvalue weighted by Crippen LogP contribution is 2.39. The molecule has 0 aromatic carbocycles. The largest absolute Gasteiger partial charge is 0.365 e. The molecule has 0 bridgehead atoms. The average molecular weight is 226 g/mol. The summed E-state index contributed by atoms with van der Waals surface area (Å²) in [6, 6.07) is 0.463. The highest BCUT2D eigenvalue weighted by atomic mass is 35.5. The molecular formula is C11H16ClN3. The van der Waals surface area contributed by atoms with E-state index in [1.165, 1.54) is 25.6 Å². The first kappa shape index (κ1) is 10.7. The quantitative estimate of drug-likeness (QED) is 0.841. The normalized spacial score (nSPS) is 24.1. The molecule has 1 fully saturated rings. The molecule has 1 atom stereocenters. The van der Waals surface area contributed by atoms with E-state index in [4.69, 9.17) is 11.6 Å². The van der Waals surface area contributed by atoms with Crippen molar-refractivity contribution < 1.29 is 0 Å². The summed E-state index contributed by atoms with van der Waals surface area (Å²) >= 11 is 6.01. The predicted octanol–water partition coefficient (Wildman–Crippen LogP) is 3.12. The molecule has 1 aliphatic rings. The molecule has 1 aliphatic carbocycles. The van der Waals surface area contributed by atoms with E-state index in [0.29, 0.717) is 16.5 Å². The van der Waals surface area contributed by atoms with Crippen LogP contribution in [-0.4, -0.2) is 16.0 Å². The fourth-order valence-electron chi connectivity index (χ4n) is 2.18. The summed E-state index contributed by atoms with van der Waals surface area (Å²) < 4.78 is 0. The van der Waals surface area contributed by atoms with E-state index in [9.17, 15) is 0 Å². The second-order valence-electron chi connectivity index (χ2n) is 4.80. The first-order valence-corrected chi connectivity index (χ1v) is 5.69. The molecule has 1 saturated carbocycles. The molecule has 15 heavy (non-hydrogen) atoms. The molecule has 1 heterocycles. The fourth-order valence-corrected chi connectivity index (χ4v) is 2.34. The lowest BCUT2D eigenvalue weighted by atomic mass is 9.87. The molecule has 0 amide bonds. The van der Waals surface area contributed by atoms with Crippen LogP contribution in [0.15, 0.2) is 12.5 Å². The highest BCUT2D eigenvalue weighted by molar-refractivity contribution is 6.32. The van der Waals surface area contributed by atoms with E-state index in [-0.39, 0.29) is 0 Å². The Morgan fingerprint density at radius 3 is 2.93 bits per heavy atom. The third-order valence-electron chi connectivity index (χ3n) is 3.24. The van der Waals surface area contributed by atoms with Crippen molar-refractivity contribution in [2.24, 2.45) is 5.41 Å². The van der Waals surface area contributed by atoms with Crippen LogP contribution in [0, 0.1) is 5.41 Å². The van der Waals surface area contributed by atoms with Gasteiger partial charge in [-0.1, -0.05) is 31.9 Å². The topological polar surface area (TPSA) is 37.8 Å². The van der Waals surface area contributed by atoms with Gasteiger partial charge in [-0.3, -0.25) is 0 Å². The first-order valence-electron chi connectivity index (χ1n) is 5.32. The third kappa shape index (κ3) is 2.23. The molecule has 1 N–H and O–H groups in total. The van der Waals surface area contributed by atoms with Gasteiger partial charge in [0.05, 0.1) is 6.20 Å². The van der Waals surface area contributed by atoms with Crippen LogP contribution in [0.3, 0.4) is 0 Å². The molecular weight excluding hydrogens is 210 g/mol. The number of halogens is 1. The van der Waals surface area contributed by atoms with E-state index in [0.717, 1.165) is 5.82 Å². The van der Waals surface area contributed by atoms with Crippen LogP contribution in [0.1, 0.15) is 33.1 Å². The summed E-state index contributed by atoms with van der Waals surface area (Å²) in [7, 11) is 0. The molecule has 0 aliphatic heterocycles. The monoisotopic (exact) mass is 225 g/mol. The van der Waals surface area contributed by atoms with Gasteiger partial charge in [0.1, 0.15) is 17.2 Å². The zero-order valence-electron chi connectivity index (χ0n) is 9.13. The molecule has 4 heteroatoms. The van der Waals surface area contributed by atoms with E-state index < -0.39 is 0 Å². The van der Waals surface area contributed by atoms with Crippen LogP contribution in [0.5, 0.6) is 0 Å². The maximum absolute atomic E-state index is 6.01. The number of nitrogens with zero attached hydrogens (tertiary/aromatic N) is 2. The van der Waals surface area contributed by atoms with Crippen molar-refractivity contribution in [3.05, 3.63) is 17.5 Å². The van der Waals surface area contributed by atoms with Gasteiger partial charge in [0.2, 0.25) is 0 Å². The van der Waals surface area contributed by atoms with Crippen LogP contribution in [0.25, 0.3) is 0 Å². The Kier molecular flexibility index (Phi) is 2.83. The lowest BCUT2D eigenvalue weighted by molar-refractivity contribution is 0.349. The molecule has 1 aromatic heterocycles. The Balaban J connectivity index is 2.12. The van der Waals surface area contributed by atoms with Gasteiger partial charge in [-0.15, -0.1) is 0 Å². The van der Waals surface area contributed by atoms with Crippen LogP contribution in [0.4, 0.5) is 5.82 Å². The van der Waals surface area contributed by atoms with Gasteiger partial charge >= 0.3 is 0 Å². The van der Waals surface area contributed by atoms with Gasteiger partial charge in [0, 0.05) is 6.04 Å². The SMILES string of the molecule is CC1(C)CCCC1Nc1ncncc1Cl. The summed E-state index contributed by atoms with van der Waals surface area (Å²) in [5.41, 5.74) is 0.328. The van der Waals surface area contributed by atoms with Gasteiger partial charge in [-0.05, 0) is 18.3 Å². The summed E-state index contributed by atoms with van der Waals surface area (Å²) in [5, 5.41) is 4.01. The van der Waals surface area contributed by atoms with Gasteiger partial charge < -0.3 is 5.32 Å². The minimum atomic E-state index is 0.328. The average Bonchev–Trinajstić information content (AvgIpc) is 2.50. The van der Waals surface area contributed by atoms with Crippen LogP contribution < -0.4 is 5.32 Å². The van der Waals surface area contributed by atoms with Crippen molar-refractivity contribution >= 4 is 17.4 Å². The Hall–Kier alpha value is -0.830. The number of hydrogen-bond donors (Lipinski definition) is 1. The van der Waals surface area contributed by atoms with Crippen LogP contribution in [0.2, 0.25) is 5.02 Å². The zero-order chi connectivity index (χ0) is 10.9. The van der Waals surface area contributed by atoms with Gasteiger partial charge in [-0.25, -0.2) is 9.97 Å². The lowest BCUT2D eigenvalue weighted by Crippen LogP contribution is -2.31. The fraction of sp³-hybridized carbons (Fsp3) is 0.636. The van der Waals surface area contributed by atoms with Crippen molar-refractivity contribution in [1.29, 1.82) is 0 Å². The second kappa shape index (κ2) is 3.97. The van der Waals surface area contributed by atoms with Crippen molar-refractivity contribution in [2.45, 2.75) is 39.2 Å². The second-order valence-corrected chi connectivity index (χ2v) is 5.20. The van der Waals surface area contributed by atoms with Gasteiger partial charge in [0.25, 0.3) is 0 Å². The standard InChI is InChI=1S/C11H16ClN3/c1-11(2)5-3-4-9(11)15-10-8(12)6-13-7-14-10/h6-7,9H,3-5H2,1-2H3,(H,13,14,15). The van der Waals surface area contributed by atoms with Gasteiger partial charge in [0.15, 0.2) is 0 Å². The molecule has 82 valence electrons. The number of anilines is 1. The van der Waals surface area contributed by atoms with Crippen molar-refractivity contribution in [1.82, 2.24) is 9.97 Å². The van der Waals surface area contributed by atoms with E-state index in [1.807, 2.05) is 0 Å². The summed E-state index contributed by atoms with van der Waals surface area (Å²) in [6.07, 6.45) is 6.86. The number of nitrogens with one attached hydrogen (secondary N) is 1. The molecule has 0 saturated heterocycles. The van der Waals surface area contributed by atoms with Crippen LogP contribution >= 0.6 is 11.6 Å².